The summed E-state index contributed by atoms with van der Waals surface area (Å²) in [6, 6.07) is 6.43. The summed E-state index contributed by atoms with van der Waals surface area (Å²) >= 11 is 6.30. The predicted molar refractivity (Wildman–Crippen MR) is 87.0 cm³/mol. The first kappa shape index (κ1) is 15.5. The fraction of sp³-hybridized carbons (Fsp3) is 0.533. The monoisotopic (exact) mass is 312 g/mol. The summed E-state index contributed by atoms with van der Waals surface area (Å²) in [4.78, 5) is 4.72. The molecule has 0 spiro atoms. The van der Waals surface area contributed by atoms with Gasteiger partial charge in [-0.1, -0.05) is 12.1 Å². The van der Waals surface area contributed by atoms with Gasteiger partial charge >= 0.3 is 0 Å². The van der Waals surface area contributed by atoms with E-state index in [2.05, 4.69) is 30.5 Å². The Bertz CT molecular complexity index is 636. The van der Waals surface area contributed by atoms with E-state index in [0.29, 0.717) is 5.75 Å². The summed E-state index contributed by atoms with van der Waals surface area (Å²) in [5.41, 5.74) is 3.28. The summed E-state index contributed by atoms with van der Waals surface area (Å²) in [6.45, 7) is 6.15. The molecule has 5 heteroatoms. The third-order valence-electron chi connectivity index (χ3n) is 3.57. The molecule has 0 fully saturated rings. The van der Waals surface area contributed by atoms with E-state index < -0.39 is 10.8 Å². The Morgan fingerprint density at radius 2 is 2.10 bits per heavy atom. The van der Waals surface area contributed by atoms with Crippen LogP contribution in [0.1, 0.15) is 43.1 Å². The van der Waals surface area contributed by atoms with E-state index >= 15 is 0 Å². The van der Waals surface area contributed by atoms with Crippen LogP contribution in [0.25, 0.3) is 11.0 Å². The van der Waals surface area contributed by atoms with E-state index in [9.17, 15) is 4.21 Å². The number of fused-ring (bicyclic) bond motifs is 1. The zero-order valence-electron chi connectivity index (χ0n) is 12.4. The van der Waals surface area contributed by atoms with Crippen molar-refractivity contribution in [2.45, 2.75) is 38.6 Å². The molecule has 3 unspecified atom stereocenters. The highest BCUT2D eigenvalue weighted by atomic mass is 35.5. The zero-order chi connectivity index (χ0) is 14.9. The molecule has 2 rings (SSSR count). The van der Waals surface area contributed by atoms with Gasteiger partial charge < -0.3 is 4.57 Å². The molecule has 110 valence electrons. The molecule has 0 amide bonds. The van der Waals surface area contributed by atoms with E-state index in [1.165, 1.54) is 0 Å². The van der Waals surface area contributed by atoms with Crippen LogP contribution >= 0.6 is 11.6 Å². The van der Waals surface area contributed by atoms with Crippen molar-refractivity contribution in [2.75, 3.05) is 12.0 Å². The van der Waals surface area contributed by atoms with Gasteiger partial charge in [0.25, 0.3) is 0 Å². The minimum atomic E-state index is -0.770. The average molecular weight is 313 g/mol. The number of hydrogen-bond acceptors (Lipinski definition) is 2. The fourth-order valence-electron chi connectivity index (χ4n) is 2.48. The molecule has 0 radical (unpaired) electrons. The van der Waals surface area contributed by atoms with Gasteiger partial charge in [0, 0.05) is 28.9 Å². The van der Waals surface area contributed by atoms with Crippen molar-refractivity contribution < 1.29 is 4.21 Å². The molecule has 20 heavy (non-hydrogen) atoms. The van der Waals surface area contributed by atoms with Gasteiger partial charge in [-0.15, -0.1) is 11.6 Å². The molecule has 3 nitrogen and oxygen atoms in total. The van der Waals surface area contributed by atoms with Gasteiger partial charge in [0.05, 0.1) is 16.4 Å². The molecule has 0 bridgehead atoms. The number of alkyl halides is 1. The second-order valence-electron chi connectivity index (χ2n) is 5.31. The van der Waals surface area contributed by atoms with E-state index in [4.69, 9.17) is 16.6 Å². The molecular weight excluding hydrogens is 292 g/mol. The SMILES string of the molecule is Cc1cccc2c1nc(C(C)Cl)n2C(C)CCS(C)=O. The largest absolute Gasteiger partial charge is 0.324 e. The smallest absolute Gasteiger partial charge is 0.127 e. The standard InChI is InChI=1S/C15H21ClN2OS/c1-10-6-5-7-13-14(10)17-15(12(3)16)18(13)11(2)8-9-20(4)19/h5-7,11-12H,8-9H2,1-4H3. The highest BCUT2D eigenvalue weighted by molar-refractivity contribution is 7.84. The van der Waals surface area contributed by atoms with Gasteiger partial charge in [-0.05, 0) is 38.8 Å². The lowest BCUT2D eigenvalue weighted by Gasteiger charge is -2.18. The van der Waals surface area contributed by atoms with Crippen LogP contribution < -0.4 is 0 Å². The predicted octanol–water partition coefficient (Wildman–Crippen LogP) is 3.97. The summed E-state index contributed by atoms with van der Waals surface area (Å²) in [5, 5.41) is -0.142. The lowest BCUT2D eigenvalue weighted by molar-refractivity contribution is 0.523. The number of imidazole rings is 1. The van der Waals surface area contributed by atoms with Crippen LogP contribution in [0.4, 0.5) is 0 Å². The van der Waals surface area contributed by atoms with E-state index in [1.807, 2.05) is 13.0 Å². The molecular formula is C15H21ClN2OS. The number of aromatic nitrogens is 2. The normalized spacial score (nSPS) is 16.2. The average Bonchev–Trinajstić information content (AvgIpc) is 2.77. The summed E-state index contributed by atoms with van der Waals surface area (Å²) in [6.07, 6.45) is 2.60. The van der Waals surface area contributed by atoms with Crippen molar-refractivity contribution in [3.8, 4) is 0 Å². The number of rotatable bonds is 5. The van der Waals surface area contributed by atoms with Gasteiger partial charge in [0.2, 0.25) is 0 Å². The van der Waals surface area contributed by atoms with Gasteiger partial charge in [0.1, 0.15) is 5.82 Å². The third kappa shape index (κ3) is 3.07. The number of benzene rings is 1. The summed E-state index contributed by atoms with van der Waals surface area (Å²) in [5.74, 6) is 1.59. The van der Waals surface area contributed by atoms with Crippen molar-refractivity contribution >= 4 is 33.4 Å². The molecule has 2 aromatic rings. The zero-order valence-corrected chi connectivity index (χ0v) is 14.0. The van der Waals surface area contributed by atoms with E-state index in [1.54, 1.807) is 6.26 Å². The summed E-state index contributed by atoms with van der Waals surface area (Å²) < 4.78 is 13.5. The molecule has 0 N–H and O–H groups in total. The molecule has 1 aromatic heterocycles. The maximum atomic E-state index is 11.3. The Hall–Kier alpha value is -0.870. The first-order valence-corrected chi connectivity index (χ1v) is 8.99. The first-order valence-electron chi connectivity index (χ1n) is 6.83. The summed E-state index contributed by atoms with van der Waals surface area (Å²) in [7, 11) is -0.770. The maximum Gasteiger partial charge on any atom is 0.127 e. The minimum absolute atomic E-state index is 0.142. The molecule has 0 saturated carbocycles. The Kier molecular flexibility index (Phi) is 4.86. The van der Waals surface area contributed by atoms with Crippen LogP contribution in [0.5, 0.6) is 0 Å². The van der Waals surface area contributed by atoms with Crippen LogP contribution in [0.2, 0.25) is 0 Å². The number of para-hydroxylation sites is 1. The van der Waals surface area contributed by atoms with Crippen LogP contribution in [0.3, 0.4) is 0 Å². The number of halogens is 1. The lowest BCUT2D eigenvalue weighted by Crippen LogP contribution is -2.12. The van der Waals surface area contributed by atoms with Gasteiger partial charge in [-0.3, -0.25) is 4.21 Å². The molecule has 0 aliphatic rings. The van der Waals surface area contributed by atoms with Crippen LogP contribution in [0.15, 0.2) is 18.2 Å². The van der Waals surface area contributed by atoms with Crippen molar-refractivity contribution in [2.24, 2.45) is 0 Å². The number of nitrogens with zero attached hydrogens (tertiary/aromatic N) is 2. The van der Waals surface area contributed by atoms with Crippen molar-refractivity contribution in [3.63, 3.8) is 0 Å². The van der Waals surface area contributed by atoms with Gasteiger partial charge in [-0.2, -0.15) is 0 Å². The fourth-order valence-corrected chi connectivity index (χ4v) is 3.31. The number of aryl methyl sites for hydroxylation is 1. The van der Waals surface area contributed by atoms with Gasteiger partial charge in [-0.25, -0.2) is 4.98 Å². The Balaban J connectivity index is 2.51. The molecule has 0 saturated heterocycles. The molecule has 1 aromatic carbocycles. The number of hydrogen-bond donors (Lipinski definition) is 0. The second-order valence-corrected chi connectivity index (χ2v) is 7.52. The Morgan fingerprint density at radius 1 is 1.40 bits per heavy atom. The first-order chi connectivity index (χ1) is 9.41. The van der Waals surface area contributed by atoms with E-state index in [-0.39, 0.29) is 11.4 Å². The maximum absolute atomic E-state index is 11.3. The molecule has 3 atom stereocenters. The van der Waals surface area contributed by atoms with E-state index in [0.717, 1.165) is 28.8 Å². The van der Waals surface area contributed by atoms with Crippen LogP contribution in [-0.2, 0) is 10.8 Å². The van der Waals surface area contributed by atoms with Crippen molar-refractivity contribution in [3.05, 3.63) is 29.6 Å². The highest BCUT2D eigenvalue weighted by Crippen LogP contribution is 2.30. The second kappa shape index (κ2) is 6.27. The van der Waals surface area contributed by atoms with Gasteiger partial charge in [0.15, 0.2) is 0 Å². The lowest BCUT2D eigenvalue weighted by atomic mass is 10.2. The van der Waals surface area contributed by atoms with Crippen molar-refractivity contribution in [1.82, 2.24) is 9.55 Å². The molecule has 0 aliphatic carbocycles. The Labute approximate surface area is 127 Å². The quantitative estimate of drug-likeness (QED) is 0.783. The van der Waals surface area contributed by atoms with Crippen molar-refractivity contribution in [1.29, 1.82) is 0 Å². The molecule has 1 heterocycles. The Morgan fingerprint density at radius 3 is 2.70 bits per heavy atom. The van der Waals surface area contributed by atoms with Crippen LogP contribution in [-0.4, -0.2) is 25.8 Å². The minimum Gasteiger partial charge on any atom is -0.324 e. The highest BCUT2D eigenvalue weighted by Gasteiger charge is 2.19. The third-order valence-corrected chi connectivity index (χ3v) is 4.57. The molecule has 0 aliphatic heterocycles. The topological polar surface area (TPSA) is 34.9 Å². The van der Waals surface area contributed by atoms with Crippen LogP contribution in [0, 0.1) is 6.92 Å².